The van der Waals surface area contributed by atoms with Crippen LogP contribution in [0, 0.1) is 0 Å². The lowest BCUT2D eigenvalue weighted by Gasteiger charge is -2.12. The van der Waals surface area contributed by atoms with Gasteiger partial charge in [-0.2, -0.15) is 0 Å². The molecule has 264 valence electrons. The van der Waals surface area contributed by atoms with Gasteiger partial charge in [0.25, 0.3) is 0 Å². The number of para-hydroxylation sites is 2. The predicted octanol–water partition coefficient (Wildman–Crippen LogP) is 14.2. The molecule has 0 aliphatic rings. The summed E-state index contributed by atoms with van der Waals surface area (Å²) >= 11 is 1.88. The summed E-state index contributed by atoms with van der Waals surface area (Å²) in [4.78, 5) is 10.4. The summed E-state index contributed by atoms with van der Waals surface area (Å²) in [5.41, 5.74) is 10.8. The molecule has 0 aliphatic carbocycles. The van der Waals surface area contributed by atoms with Crippen molar-refractivity contribution in [2.75, 3.05) is 0 Å². The fourth-order valence-corrected chi connectivity index (χ4v) is 10.6. The van der Waals surface area contributed by atoms with Gasteiger partial charge in [-0.1, -0.05) is 127 Å². The van der Waals surface area contributed by atoms with Crippen molar-refractivity contribution < 1.29 is 0 Å². The van der Waals surface area contributed by atoms with Gasteiger partial charge < -0.3 is 9.13 Å². The minimum atomic E-state index is 0.853. The summed E-state index contributed by atoms with van der Waals surface area (Å²) in [7, 11) is 0. The molecule has 13 aromatic rings. The van der Waals surface area contributed by atoms with Crippen LogP contribution in [-0.2, 0) is 0 Å². The maximum absolute atomic E-state index is 5.34. The third-order valence-corrected chi connectivity index (χ3v) is 13.1. The van der Waals surface area contributed by atoms with Crippen molar-refractivity contribution >= 4 is 108 Å². The molecule has 57 heavy (non-hydrogen) atoms. The number of fused-ring (bicyclic) bond motifs is 15. The molecule has 0 fully saturated rings. The highest BCUT2D eigenvalue weighted by Gasteiger charge is 2.21. The van der Waals surface area contributed by atoms with E-state index in [4.69, 9.17) is 9.97 Å². The zero-order chi connectivity index (χ0) is 37.2. The minimum Gasteiger partial charge on any atom is -0.309 e. The number of nitrogens with zero attached hydrogens (tertiary/aromatic N) is 4. The second-order valence-corrected chi connectivity index (χ2v) is 16.0. The first-order valence-corrected chi connectivity index (χ1v) is 20.1. The molecule has 0 radical (unpaired) electrons. The molecule has 5 heteroatoms. The van der Waals surface area contributed by atoms with Gasteiger partial charge >= 0.3 is 0 Å². The van der Waals surface area contributed by atoms with Gasteiger partial charge in [0, 0.05) is 59.0 Å². The van der Waals surface area contributed by atoms with Crippen LogP contribution in [0.4, 0.5) is 0 Å². The van der Waals surface area contributed by atoms with Gasteiger partial charge in [-0.05, 0) is 59.3 Å². The van der Waals surface area contributed by atoms with Crippen molar-refractivity contribution in [3.63, 3.8) is 0 Å². The van der Waals surface area contributed by atoms with E-state index in [0.717, 1.165) is 38.8 Å². The molecule has 13 rings (SSSR count). The monoisotopic (exact) mass is 742 g/mol. The SMILES string of the molecule is c1cc(-c2cnc3c4ccccc4c4ccccc4c3n2)cc(-n2c3ccccc3c3cc4c(cc32)c2ccccc2n4-c2cccc3c2sc2ccccc23)c1. The Balaban J connectivity index is 1.05. The van der Waals surface area contributed by atoms with E-state index < -0.39 is 0 Å². The fourth-order valence-electron chi connectivity index (χ4n) is 9.44. The number of rotatable bonds is 3. The lowest BCUT2D eigenvalue weighted by molar-refractivity contribution is 1.18. The molecule has 0 aliphatic heterocycles. The zero-order valence-corrected chi connectivity index (χ0v) is 31.3. The van der Waals surface area contributed by atoms with Crippen molar-refractivity contribution in [1.29, 1.82) is 0 Å². The summed E-state index contributed by atoms with van der Waals surface area (Å²) < 4.78 is 7.52. The molecule has 0 amide bonds. The van der Waals surface area contributed by atoms with E-state index in [-0.39, 0.29) is 0 Å². The highest BCUT2D eigenvalue weighted by atomic mass is 32.1. The Morgan fingerprint density at radius 3 is 1.68 bits per heavy atom. The second-order valence-electron chi connectivity index (χ2n) is 14.9. The lowest BCUT2D eigenvalue weighted by atomic mass is 9.99. The Labute approximate surface area is 330 Å². The summed E-state index contributed by atoms with van der Waals surface area (Å²) in [6, 6.07) is 63.8. The van der Waals surface area contributed by atoms with E-state index in [0.29, 0.717) is 0 Å². The lowest BCUT2D eigenvalue weighted by Crippen LogP contribution is -1.96. The average molecular weight is 743 g/mol. The van der Waals surface area contributed by atoms with E-state index >= 15 is 0 Å². The third-order valence-electron chi connectivity index (χ3n) is 11.9. The second kappa shape index (κ2) is 11.6. The summed E-state index contributed by atoms with van der Waals surface area (Å²) in [5.74, 6) is 0. The van der Waals surface area contributed by atoms with E-state index in [2.05, 4.69) is 185 Å². The van der Waals surface area contributed by atoms with E-state index in [9.17, 15) is 0 Å². The average Bonchev–Trinajstić information content (AvgIpc) is 3.93. The molecule has 0 saturated heterocycles. The predicted molar refractivity (Wildman–Crippen MR) is 242 cm³/mol. The summed E-state index contributed by atoms with van der Waals surface area (Å²) in [5, 5.41) is 12.2. The molecule has 0 bridgehead atoms. The number of hydrogen-bond acceptors (Lipinski definition) is 3. The van der Waals surface area contributed by atoms with E-state index in [1.54, 1.807) is 0 Å². The number of benzene rings is 9. The third kappa shape index (κ3) is 4.32. The number of hydrogen-bond donors (Lipinski definition) is 0. The normalized spacial score (nSPS) is 12.2. The van der Waals surface area contributed by atoms with Gasteiger partial charge in [0.15, 0.2) is 0 Å². The Hall–Kier alpha value is -7.34. The van der Waals surface area contributed by atoms with Crippen molar-refractivity contribution in [3.8, 4) is 22.6 Å². The molecule has 4 heterocycles. The molecular weight excluding hydrogens is 713 g/mol. The first-order chi connectivity index (χ1) is 28.3. The van der Waals surface area contributed by atoms with Crippen LogP contribution in [0.15, 0.2) is 182 Å². The topological polar surface area (TPSA) is 35.6 Å². The van der Waals surface area contributed by atoms with Crippen molar-refractivity contribution in [2.24, 2.45) is 0 Å². The first-order valence-electron chi connectivity index (χ1n) is 19.3. The van der Waals surface area contributed by atoms with Crippen LogP contribution >= 0.6 is 11.3 Å². The van der Waals surface area contributed by atoms with Gasteiger partial charge in [-0.3, -0.25) is 4.98 Å². The molecule has 4 aromatic heterocycles. The van der Waals surface area contributed by atoms with Gasteiger partial charge in [0.1, 0.15) is 0 Å². The molecule has 4 nitrogen and oxygen atoms in total. The van der Waals surface area contributed by atoms with Crippen LogP contribution in [0.3, 0.4) is 0 Å². The molecule has 0 saturated carbocycles. The van der Waals surface area contributed by atoms with Gasteiger partial charge in [-0.25, -0.2) is 4.98 Å². The van der Waals surface area contributed by atoms with Crippen molar-refractivity contribution in [1.82, 2.24) is 19.1 Å². The maximum atomic E-state index is 5.34. The van der Waals surface area contributed by atoms with Crippen molar-refractivity contribution in [3.05, 3.63) is 182 Å². The number of thiophene rings is 1. The Bertz CT molecular complexity index is 3790. The van der Waals surface area contributed by atoms with E-state index in [1.807, 2.05) is 17.5 Å². The van der Waals surface area contributed by atoms with E-state index in [1.165, 1.54) is 80.2 Å². The Kier molecular flexibility index (Phi) is 6.29. The molecular formula is C52H30N4S. The Morgan fingerprint density at radius 1 is 0.386 bits per heavy atom. The largest absolute Gasteiger partial charge is 0.309 e. The zero-order valence-electron chi connectivity index (χ0n) is 30.5. The molecule has 0 unspecified atom stereocenters. The Morgan fingerprint density at radius 2 is 0.947 bits per heavy atom. The standard InChI is InChI=1S/C52H30N4S/c1-3-20-38-33(15-1)34-16-2-4-21-39(34)51-50(38)53-30-43(54-51)31-13-11-14-32(27-31)55-44-23-8-5-17-35(44)41-29-48-42(28-47(41)55)36-18-6-9-24-45(36)56(48)46-25-12-22-40-37-19-7-10-26-49(37)57-52(40)46/h1-30H. The smallest absolute Gasteiger partial charge is 0.0979 e. The fraction of sp³-hybridized carbons (Fsp3) is 0. The molecule has 9 aromatic carbocycles. The van der Waals surface area contributed by atoms with Crippen LogP contribution in [-0.4, -0.2) is 19.1 Å². The van der Waals surface area contributed by atoms with Crippen LogP contribution in [0.1, 0.15) is 0 Å². The van der Waals surface area contributed by atoms with Crippen LogP contribution in [0.25, 0.3) is 119 Å². The quantitative estimate of drug-likeness (QED) is 0.169. The minimum absolute atomic E-state index is 0.853. The molecule has 0 N–H and O–H groups in total. The van der Waals surface area contributed by atoms with Crippen LogP contribution in [0.5, 0.6) is 0 Å². The van der Waals surface area contributed by atoms with Gasteiger partial charge in [0.2, 0.25) is 0 Å². The van der Waals surface area contributed by atoms with Crippen LogP contribution in [0.2, 0.25) is 0 Å². The molecule has 0 atom stereocenters. The molecule has 0 spiro atoms. The highest BCUT2D eigenvalue weighted by Crippen LogP contribution is 2.43. The van der Waals surface area contributed by atoms with Gasteiger partial charge in [-0.15, -0.1) is 11.3 Å². The van der Waals surface area contributed by atoms with Gasteiger partial charge in [0.05, 0.1) is 55.4 Å². The summed E-state index contributed by atoms with van der Waals surface area (Å²) in [6.45, 7) is 0. The van der Waals surface area contributed by atoms with Crippen LogP contribution < -0.4 is 0 Å². The highest BCUT2D eigenvalue weighted by molar-refractivity contribution is 7.26. The summed E-state index contributed by atoms with van der Waals surface area (Å²) in [6.07, 6.45) is 1.93. The maximum Gasteiger partial charge on any atom is 0.0979 e. The first kappa shape index (κ1) is 30.9. The number of aromatic nitrogens is 4. The van der Waals surface area contributed by atoms with Crippen molar-refractivity contribution in [2.45, 2.75) is 0 Å².